The second kappa shape index (κ2) is 15.4. The highest BCUT2D eigenvalue weighted by atomic mass is 32.3. The molecule has 3 atom stereocenters. The molecule has 3 rings (SSSR count). The number of nitrogens with zero attached hydrogens (tertiary/aromatic N) is 1. The normalized spacial score (nSPS) is 19.3. The van der Waals surface area contributed by atoms with Gasteiger partial charge in [0.1, 0.15) is 23.3 Å². The number of thiol groups is 1. The number of ether oxygens (including phenoxy) is 2. The van der Waals surface area contributed by atoms with E-state index in [2.05, 4.69) is 42.3 Å². The van der Waals surface area contributed by atoms with Gasteiger partial charge >= 0.3 is 5.97 Å². The Balaban J connectivity index is 1.82. The molecule has 1 aliphatic heterocycles. The maximum Gasteiger partial charge on any atom is 0.306 e. The van der Waals surface area contributed by atoms with Crippen LogP contribution < -0.4 is 10.1 Å². The van der Waals surface area contributed by atoms with Gasteiger partial charge in [0.15, 0.2) is 0 Å². The van der Waals surface area contributed by atoms with Gasteiger partial charge in [-0.15, -0.1) is 0 Å². The van der Waals surface area contributed by atoms with Crippen molar-refractivity contribution in [2.24, 2.45) is 5.92 Å². The molecule has 1 amide bonds. The third kappa shape index (κ3) is 11.1. The standard InChI is InChI=1S/C34H48N2O5S2/c1-24(2)19-31(37)40-30-20-32(43(7,8)23-30)41-36(22-28-12-10-9-11-27(28)17-18-34(4,5)42)25(3)33(38)35-21-26-13-15-29(39-6)16-14-26/h9-16,24-25,30,32,42H,19-23H2,1-8H3,(H,35,38). The Morgan fingerprint density at radius 2 is 1.79 bits per heavy atom. The van der Waals surface area contributed by atoms with Gasteiger partial charge in [-0.3, -0.25) is 14.4 Å². The molecule has 0 spiro atoms. The molecular formula is C34H48N2O5S2. The van der Waals surface area contributed by atoms with Crippen LogP contribution in [0.25, 0.3) is 0 Å². The molecule has 0 bridgehead atoms. The molecule has 43 heavy (non-hydrogen) atoms. The quantitative estimate of drug-likeness (QED) is 0.131. The van der Waals surface area contributed by atoms with Gasteiger partial charge in [-0.2, -0.15) is 17.7 Å². The van der Waals surface area contributed by atoms with E-state index in [-0.39, 0.29) is 29.3 Å². The van der Waals surface area contributed by atoms with Gasteiger partial charge in [-0.25, -0.2) is 10.0 Å². The second-order valence-electron chi connectivity index (χ2n) is 12.6. The van der Waals surface area contributed by atoms with Crippen molar-refractivity contribution in [3.05, 3.63) is 65.2 Å². The Bertz CT molecular complexity index is 1290. The summed E-state index contributed by atoms with van der Waals surface area (Å²) >= 11 is 4.56. The van der Waals surface area contributed by atoms with Crippen molar-refractivity contribution >= 4 is 34.5 Å². The molecular weight excluding hydrogens is 581 g/mol. The lowest BCUT2D eigenvalue weighted by Gasteiger charge is -2.37. The highest BCUT2D eigenvalue weighted by molar-refractivity contribution is 8.33. The summed E-state index contributed by atoms with van der Waals surface area (Å²) in [4.78, 5) is 32.7. The van der Waals surface area contributed by atoms with Gasteiger partial charge in [0.05, 0.1) is 18.4 Å². The molecule has 1 fully saturated rings. The lowest BCUT2D eigenvalue weighted by Crippen LogP contribution is -2.46. The maximum atomic E-state index is 13.5. The fraction of sp³-hybridized carbons (Fsp3) is 0.529. The highest BCUT2D eigenvalue weighted by Gasteiger charge is 2.42. The lowest BCUT2D eigenvalue weighted by molar-refractivity contribution is -0.206. The Hall–Kier alpha value is -2.64. The van der Waals surface area contributed by atoms with Crippen molar-refractivity contribution in [2.45, 2.75) is 82.9 Å². The zero-order valence-corrected chi connectivity index (χ0v) is 28.5. The number of carbonyl (C=O) groups is 2. The number of hydroxylamine groups is 2. The first-order valence-corrected chi connectivity index (χ1v) is 17.9. The summed E-state index contributed by atoms with van der Waals surface area (Å²) in [5.41, 5.74) is 2.61. The van der Waals surface area contributed by atoms with Crippen LogP contribution in [0.1, 0.15) is 64.2 Å². The molecule has 236 valence electrons. The first-order chi connectivity index (χ1) is 20.2. The first kappa shape index (κ1) is 34.8. The van der Waals surface area contributed by atoms with Crippen molar-refractivity contribution in [2.75, 3.05) is 25.4 Å². The SMILES string of the molecule is COc1ccc(CNC(=O)C(C)N(Cc2ccccc2C#CC(C)(C)S)OC2CC(OC(=O)CC(C)C)CS2(C)C)cc1. The molecule has 2 aromatic rings. The monoisotopic (exact) mass is 628 g/mol. The van der Waals surface area contributed by atoms with Crippen LogP contribution in [0.15, 0.2) is 48.5 Å². The number of hydrogen-bond donors (Lipinski definition) is 2. The van der Waals surface area contributed by atoms with Crippen LogP contribution in [-0.2, 0) is 32.3 Å². The van der Waals surface area contributed by atoms with Crippen molar-refractivity contribution in [3.8, 4) is 17.6 Å². The van der Waals surface area contributed by atoms with Gasteiger partial charge in [0.2, 0.25) is 5.91 Å². The van der Waals surface area contributed by atoms with E-state index in [0.717, 1.165) is 28.2 Å². The van der Waals surface area contributed by atoms with E-state index in [9.17, 15) is 9.59 Å². The summed E-state index contributed by atoms with van der Waals surface area (Å²) in [7, 11) is 0.345. The number of hydrogen-bond acceptors (Lipinski definition) is 7. The predicted molar refractivity (Wildman–Crippen MR) is 179 cm³/mol. The van der Waals surface area contributed by atoms with Crippen LogP contribution in [0.4, 0.5) is 0 Å². The molecule has 1 N–H and O–H groups in total. The molecule has 9 heteroatoms. The van der Waals surface area contributed by atoms with Crippen LogP contribution in [0.3, 0.4) is 0 Å². The van der Waals surface area contributed by atoms with Gasteiger partial charge in [-0.05, 0) is 68.5 Å². The largest absolute Gasteiger partial charge is 0.497 e. The zero-order chi connectivity index (χ0) is 31.8. The molecule has 1 heterocycles. The van der Waals surface area contributed by atoms with E-state index >= 15 is 0 Å². The van der Waals surface area contributed by atoms with Crippen LogP contribution in [0.5, 0.6) is 5.75 Å². The molecule has 3 unspecified atom stereocenters. The summed E-state index contributed by atoms with van der Waals surface area (Å²) in [5, 5.41) is 4.83. The Labute approximate surface area is 265 Å². The minimum absolute atomic E-state index is 0.151. The van der Waals surface area contributed by atoms with E-state index in [1.807, 2.05) is 83.1 Å². The molecule has 0 radical (unpaired) electrons. The van der Waals surface area contributed by atoms with Crippen LogP contribution in [0.2, 0.25) is 0 Å². The molecule has 0 saturated carbocycles. The van der Waals surface area contributed by atoms with Crippen LogP contribution in [-0.4, -0.2) is 64.6 Å². The summed E-state index contributed by atoms with van der Waals surface area (Å²) in [6.45, 7) is 10.5. The smallest absolute Gasteiger partial charge is 0.306 e. The summed E-state index contributed by atoms with van der Waals surface area (Å²) in [5.74, 6) is 7.92. The van der Waals surface area contributed by atoms with Crippen LogP contribution >= 0.6 is 22.7 Å². The summed E-state index contributed by atoms with van der Waals surface area (Å²) < 4.78 is 10.6. The third-order valence-electron chi connectivity index (χ3n) is 7.19. The van der Waals surface area contributed by atoms with E-state index in [1.165, 1.54) is 0 Å². The van der Waals surface area contributed by atoms with Crippen LogP contribution in [0, 0.1) is 17.8 Å². The zero-order valence-electron chi connectivity index (χ0n) is 26.8. The Morgan fingerprint density at radius 3 is 2.42 bits per heavy atom. The molecule has 1 saturated heterocycles. The number of nitrogens with one attached hydrogen (secondary N) is 1. The Kier molecular flexibility index (Phi) is 12.5. The minimum Gasteiger partial charge on any atom is -0.497 e. The molecule has 2 aromatic carbocycles. The van der Waals surface area contributed by atoms with Gasteiger partial charge < -0.3 is 14.8 Å². The highest BCUT2D eigenvalue weighted by Crippen LogP contribution is 2.55. The number of benzene rings is 2. The minimum atomic E-state index is -1.28. The van der Waals surface area contributed by atoms with Crippen molar-refractivity contribution in [1.82, 2.24) is 10.4 Å². The summed E-state index contributed by atoms with van der Waals surface area (Å²) in [6, 6.07) is 14.9. The number of methoxy groups -OCH3 is 1. The van der Waals surface area contributed by atoms with E-state index in [4.69, 9.17) is 14.3 Å². The van der Waals surface area contributed by atoms with E-state index in [0.29, 0.717) is 25.9 Å². The molecule has 7 nitrogen and oxygen atoms in total. The third-order valence-corrected chi connectivity index (χ3v) is 10.2. The van der Waals surface area contributed by atoms with Gasteiger partial charge in [0.25, 0.3) is 0 Å². The van der Waals surface area contributed by atoms with E-state index in [1.54, 1.807) is 12.2 Å². The van der Waals surface area contributed by atoms with Gasteiger partial charge in [0, 0.05) is 30.7 Å². The topological polar surface area (TPSA) is 77.1 Å². The summed E-state index contributed by atoms with van der Waals surface area (Å²) in [6.07, 6.45) is 5.20. The number of amides is 1. The molecule has 1 aliphatic rings. The lowest BCUT2D eigenvalue weighted by atomic mass is 10.1. The first-order valence-electron chi connectivity index (χ1n) is 14.7. The fourth-order valence-corrected chi connectivity index (χ4v) is 7.25. The Morgan fingerprint density at radius 1 is 1.12 bits per heavy atom. The molecule has 0 aromatic heterocycles. The number of rotatable bonds is 12. The van der Waals surface area contributed by atoms with Crippen molar-refractivity contribution in [3.63, 3.8) is 0 Å². The molecule has 0 aliphatic carbocycles. The van der Waals surface area contributed by atoms with E-state index < -0.39 is 20.8 Å². The fourth-order valence-electron chi connectivity index (χ4n) is 4.73. The maximum absolute atomic E-state index is 13.5. The second-order valence-corrected chi connectivity index (χ2v) is 17.8. The predicted octanol–water partition coefficient (Wildman–Crippen LogP) is 5.95. The van der Waals surface area contributed by atoms with Gasteiger partial charge in [-0.1, -0.05) is 56.0 Å². The average molecular weight is 629 g/mol. The van der Waals surface area contributed by atoms with Crippen molar-refractivity contribution in [1.29, 1.82) is 0 Å². The average Bonchev–Trinajstić information content (AvgIpc) is 3.21. The number of esters is 1. The number of carbonyl (C=O) groups excluding carboxylic acids is 2. The van der Waals surface area contributed by atoms with Crippen molar-refractivity contribution < 1.29 is 23.9 Å².